The van der Waals surface area contributed by atoms with Gasteiger partial charge >= 0.3 is 6.03 Å². The summed E-state index contributed by atoms with van der Waals surface area (Å²) in [4.78, 5) is 12.0. The fourth-order valence-corrected chi connectivity index (χ4v) is 1.88. The molecule has 0 radical (unpaired) electrons. The van der Waals surface area contributed by atoms with Crippen molar-refractivity contribution in [1.29, 1.82) is 0 Å². The average Bonchev–Trinajstić information content (AvgIpc) is 2.68. The van der Waals surface area contributed by atoms with Gasteiger partial charge in [0.05, 0.1) is 5.69 Å². The van der Waals surface area contributed by atoms with Crippen molar-refractivity contribution in [3.05, 3.63) is 36.5 Å². The Morgan fingerprint density at radius 3 is 2.45 bits per heavy atom. The largest absolute Gasteiger partial charge is 0.333 e. The van der Waals surface area contributed by atoms with Crippen LogP contribution in [0.1, 0.15) is 20.8 Å². The van der Waals surface area contributed by atoms with Crippen LogP contribution < -0.4 is 10.6 Å². The average molecular weight is 272 g/mol. The lowest BCUT2D eigenvalue weighted by Crippen LogP contribution is -2.43. The van der Waals surface area contributed by atoms with Gasteiger partial charge in [-0.1, -0.05) is 30.3 Å². The van der Waals surface area contributed by atoms with E-state index in [0.29, 0.717) is 5.69 Å². The van der Waals surface area contributed by atoms with Crippen LogP contribution >= 0.6 is 0 Å². The van der Waals surface area contributed by atoms with Gasteiger partial charge in [-0.05, 0) is 20.8 Å². The number of benzene rings is 1. The number of urea groups is 1. The van der Waals surface area contributed by atoms with Crippen LogP contribution in [0.4, 0.5) is 10.5 Å². The second-order valence-corrected chi connectivity index (χ2v) is 5.76. The van der Waals surface area contributed by atoms with E-state index in [1.54, 1.807) is 10.9 Å². The zero-order chi connectivity index (χ0) is 14.8. The summed E-state index contributed by atoms with van der Waals surface area (Å²) >= 11 is 0. The van der Waals surface area contributed by atoms with Crippen molar-refractivity contribution in [2.75, 3.05) is 5.32 Å². The zero-order valence-corrected chi connectivity index (χ0v) is 12.3. The highest BCUT2D eigenvalue weighted by Gasteiger charge is 2.16. The molecular formula is C15H20N4O. The molecule has 2 amide bonds. The van der Waals surface area contributed by atoms with Gasteiger partial charge < -0.3 is 10.6 Å². The van der Waals surface area contributed by atoms with E-state index in [1.165, 1.54) is 0 Å². The number of amides is 2. The number of carbonyl (C=O) groups is 1. The molecule has 1 aromatic carbocycles. The van der Waals surface area contributed by atoms with Crippen LogP contribution in [0.3, 0.4) is 0 Å². The van der Waals surface area contributed by atoms with Gasteiger partial charge in [0.25, 0.3) is 0 Å². The summed E-state index contributed by atoms with van der Waals surface area (Å²) in [5.41, 5.74) is 2.15. The first-order valence-corrected chi connectivity index (χ1v) is 6.53. The van der Waals surface area contributed by atoms with Crippen LogP contribution in [0.5, 0.6) is 0 Å². The molecule has 5 heteroatoms. The minimum Gasteiger partial charge on any atom is -0.333 e. The number of nitrogens with zero attached hydrogens (tertiary/aromatic N) is 2. The number of aromatic nitrogens is 2. The predicted octanol–water partition coefficient (Wildman–Crippen LogP) is 3.01. The molecule has 2 rings (SSSR count). The quantitative estimate of drug-likeness (QED) is 0.883. The highest BCUT2D eigenvalue weighted by atomic mass is 16.2. The third-order valence-corrected chi connectivity index (χ3v) is 2.61. The maximum atomic E-state index is 12.0. The van der Waals surface area contributed by atoms with Crippen molar-refractivity contribution in [1.82, 2.24) is 15.1 Å². The second-order valence-electron chi connectivity index (χ2n) is 5.76. The van der Waals surface area contributed by atoms with Crippen LogP contribution in [0.25, 0.3) is 11.3 Å². The van der Waals surface area contributed by atoms with Gasteiger partial charge in [0.2, 0.25) is 0 Å². The Labute approximate surface area is 119 Å². The SMILES string of the molecule is Cn1cc(NC(=O)NC(C)(C)C)c(-c2ccccc2)n1. The van der Waals surface area contributed by atoms with E-state index in [-0.39, 0.29) is 11.6 Å². The normalized spacial score (nSPS) is 11.2. The molecule has 20 heavy (non-hydrogen) atoms. The predicted molar refractivity (Wildman–Crippen MR) is 80.6 cm³/mol. The summed E-state index contributed by atoms with van der Waals surface area (Å²) in [6.45, 7) is 5.82. The van der Waals surface area contributed by atoms with Crippen LogP contribution in [-0.2, 0) is 7.05 Å². The molecular weight excluding hydrogens is 252 g/mol. The van der Waals surface area contributed by atoms with Gasteiger partial charge in [0, 0.05) is 24.3 Å². The zero-order valence-electron chi connectivity index (χ0n) is 12.3. The molecule has 0 saturated heterocycles. The Morgan fingerprint density at radius 2 is 1.85 bits per heavy atom. The molecule has 0 bridgehead atoms. The molecule has 1 aromatic heterocycles. The van der Waals surface area contributed by atoms with Crippen molar-refractivity contribution in [3.8, 4) is 11.3 Å². The van der Waals surface area contributed by atoms with Crippen molar-refractivity contribution >= 4 is 11.7 Å². The van der Waals surface area contributed by atoms with Gasteiger partial charge in [-0.3, -0.25) is 4.68 Å². The van der Waals surface area contributed by atoms with Gasteiger partial charge in [-0.2, -0.15) is 5.10 Å². The molecule has 2 aromatic rings. The molecule has 1 heterocycles. The van der Waals surface area contributed by atoms with E-state index in [0.717, 1.165) is 11.3 Å². The second kappa shape index (κ2) is 5.36. The molecule has 0 unspecified atom stereocenters. The van der Waals surface area contributed by atoms with Gasteiger partial charge in [-0.15, -0.1) is 0 Å². The van der Waals surface area contributed by atoms with E-state index in [2.05, 4.69) is 15.7 Å². The smallest absolute Gasteiger partial charge is 0.319 e. The maximum Gasteiger partial charge on any atom is 0.319 e. The summed E-state index contributed by atoms with van der Waals surface area (Å²) in [5.74, 6) is 0. The lowest BCUT2D eigenvalue weighted by molar-refractivity contribution is 0.244. The molecule has 0 aliphatic carbocycles. The number of hydrogen-bond acceptors (Lipinski definition) is 2. The molecule has 0 spiro atoms. The number of anilines is 1. The Kier molecular flexibility index (Phi) is 3.79. The van der Waals surface area contributed by atoms with Gasteiger partial charge in [0.1, 0.15) is 5.69 Å². The molecule has 0 fully saturated rings. The molecule has 106 valence electrons. The van der Waals surface area contributed by atoms with Crippen LogP contribution in [0, 0.1) is 0 Å². The lowest BCUT2D eigenvalue weighted by atomic mass is 10.1. The first kappa shape index (κ1) is 14.1. The first-order valence-electron chi connectivity index (χ1n) is 6.53. The van der Waals surface area contributed by atoms with Crippen LogP contribution in [-0.4, -0.2) is 21.4 Å². The molecule has 0 aliphatic heterocycles. The van der Waals surface area contributed by atoms with Crippen LogP contribution in [0.15, 0.2) is 36.5 Å². The Bertz CT molecular complexity index is 596. The molecule has 0 saturated carbocycles. The summed E-state index contributed by atoms with van der Waals surface area (Å²) < 4.78 is 1.69. The van der Waals surface area contributed by atoms with E-state index in [4.69, 9.17) is 0 Å². The third-order valence-electron chi connectivity index (χ3n) is 2.61. The van der Waals surface area contributed by atoms with E-state index >= 15 is 0 Å². The Morgan fingerprint density at radius 1 is 1.20 bits per heavy atom. The van der Waals surface area contributed by atoms with E-state index < -0.39 is 0 Å². The van der Waals surface area contributed by atoms with Crippen LogP contribution in [0.2, 0.25) is 0 Å². The fourth-order valence-electron chi connectivity index (χ4n) is 1.88. The number of aryl methyl sites for hydroxylation is 1. The van der Waals surface area contributed by atoms with E-state index in [1.807, 2.05) is 58.2 Å². The van der Waals surface area contributed by atoms with Crippen molar-refractivity contribution in [3.63, 3.8) is 0 Å². The standard InChI is InChI=1S/C15H20N4O/c1-15(2,3)17-14(20)16-12-10-19(4)18-13(12)11-8-6-5-7-9-11/h5-10H,1-4H3,(H2,16,17,20). The summed E-state index contributed by atoms with van der Waals surface area (Å²) in [6, 6.07) is 9.55. The Balaban J connectivity index is 2.23. The van der Waals surface area contributed by atoms with Gasteiger partial charge in [-0.25, -0.2) is 4.79 Å². The number of carbonyl (C=O) groups excluding carboxylic acids is 1. The van der Waals surface area contributed by atoms with Crippen molar-refractivity contribution in [2.24, 2.45) is 7.05 Å². The Hall–Kier alpha value is -2.30. The van der Waals surface area contributed by atoms with Crippen molar-refractivity contribution < 1.29 is 4.79 Å². The molecule has 5 nitrogen and oxygen atoms in total. The minimum absolute atomic E-state index is 0.234. The summed E-state index contributed by atoms with van der Waals surface area (Å²) in [7, 11) is 1.83. The number of hydrogen-bond donors (Lipinski definition) is 2. The minimum atomic E-state index is -0.279. The fraction of sp³-hybridized carbons (Fsp3) is 0.333. The van der Waals surface area contributed by atoms with Gasteiger partial charge in [0.15, 0.2) is 0 Å². The molecule has 2 N–H and O–H groups in total. The molecule has 0 atom stereocenters. The first-order chi connectivity index (χ1) is 9.35. The van der Waals surface area contributed by atoms with Crippen molar-refractivity contribution in [2.45, 2.75) is 26.3 Å². The monoisotopic (exact) mass is 272 g/mol. The summed E-state index contributed by atoms with van der Waals surface area (Å²) in [5, 5.41) is 10.1. The number of rotatable bonds is 2. The molecule has 0 aliphatic rings. The van der Waals surface area contributed by atoms with E-state index in [9.17, 15) is 4.79 Å². The highest BCUT2D eigenvalue weighted by Crippen LogP contribution is 2.25. The highest BCUT2D eigenvalue weighted by molar-refractivity contribution is 5.93. The topological polar surface area (TPSA) is 59.0 Å². The third kappa shape index (κ3) is 3.60. The maximum absolute atomic E-state index is 12.0. The lowest BCUT2D eigenvalue weighted by Gasteiger charge is -2.20. The summed E-state index contributed by atoms with van der Waals surface area (Å²) in [6.07, 6.45) is 1.80. The number of nitrogens with one attached hydrogen (secondary N) is 2.